The van der Waals surface area contributed by atoms with Crippen molar-refractivity contribution in [1.82, 2.24) is 9.97 Å². The molecule has 15 heavy (non-hydrogen) atoms. The van der Waals surface area contributed by atoms with Gasteiger partial charge in [-0.3, -0.25) is 0 Å². The van der Waals surface area contributed by atoms with Gasteiger partial charge in [0.1, 0.15) is 5.82 Å². The molecule has 4 heteroatoms. The minimum atomic E-state index is -0.333. The molecular weight excluding hydrogens is 190 g/mol. The van der Waals surface area contributed by atoms with Gasteiger partial charge in [0.05, 0.1) is 0 Å². The van der Waals surface area contributed by atoms with Gasteiger partial charge in [0.25, 0.3) is 0 Å². The van der Waals surface area contributed by atoms with Gasteiger partial charge in [0.15, 0.2) is 0 Å². The van der Waals surface area contributed by atoms with E-state index in [4.69, 9.17) is 5.73 Å². The molecule has 1 fully saturated rings. The fourth-order valence-corrected chi connectivity index (χ4v) is 2.34. The van der Waals surface area contributed by atoms with Gasteiger partial charge in [-0.2, -0.15) is 4.98 Å². The van der Waals surface area contributed by atoms with Crippen molar-refractivity contribution in [2.45, 2.75) is 38.5 Å². The van der Waals surface area contributed by atoms with Gasteiger partial charge in [-0.25, -0.2) is 4.79 Å². The van der Waals surface area contributed by atoms with E-state index in [1.807, 2.05) is 0 Å². The second kappa shape index (κ2) is 4.47. The van der Waals surface area contributed by atoms with Crippen LogP contribution in [0, 0.1) is 5.92 Å². The summed E-state index contributed by atoms with van der Waals surface area (Å²) < 4.78 is 0. The third-order valence-corrected chi connectivity index (χ3v) is 3.05. The predicted octanol–water partition coefficient (Wildman–Crippen LogP) is 1.47. The highest BCUT2D eigenvalue weighted by Crippen LogP contribution is 2.26. The zero-order valence-electron chi connectivity index (χ0n) is 8.83. The quantitative estimate of drug-likeness (QED) is 0.771. The summed E-state index contributed by atoms with van der Waals surface area (Å²) in [7, 11) is 0. The second-order valence-electron chi connectivity index (χ2n) is 4.34. The predicted molar refractivity (Wildman–Crippen MR) is 59.5 cm³/mol. The lowest BCUT2D eigenvalue weighted by Gasteiger charge is -2.21. The van der Waals surface area contributed by atoms with Gasteiger partial charge >= 0.3 is 5.69 Å². The highest BCUT2D eigenvalue weighted by molar-refractivity contribution is 5.28. The summed E-state index contributed by atoms with van der Waals surface area (Å²) in [6.07, 6.45) is 7.45. The third-order valence-electron chi connectivity index (χ3n) is 3.05. The van der Waals surface area contributed by atoms with Gasteiger partial charge in [0.2, 0.25) is 0 Å². The summed E-state index contributed by atoms with van der Waals surface area (Å²) in [5.74, 6) is 1.03. The van der Waals surface area contributed by atoms with Crippen LogP contribution in [0.3, 0.4) is 0 Å². The van der Waals surface area contributed by atoms with Crippen molar-refractivity contribution in [2.75, 3.05) is 5.73 Å². The van der Waals surface area contributed by atoms with Crippen LogP contribution in [0.5, 0.6) is 0 Å². The molecule has 1 aliphatic carbocycles. The Balaban J connectivity index is 2.06. The van der Waals surface area contributed by atoms with Crippen molar-refractivity contribution in [3.05, 3.63) is 22.2 Å². The summed E-state index contributed by atoms with van der Waals surface area (Å²) in [6.45, 7) is 0. The highest BCUT2D eigenvalue weighted by Gasteiger charge is 2.14. The minimum absolute atomic E-state index is 0.324. The summed E-state index contributed by atoms with van der Waals surface area (Å²) in [5.41, 5.74) is 6.13. The van der Waals surface area contributed by atoms with Crippen LogP contribution in [-0.4, -0.2) is 9.97 Å². The number of hydrogen-bond donors (Lipinski definition) is 2. The maximum absolute atomic E-state index is 11.1. The molecule has 1 saturated carbocycles. The molecule has 0 aromatic carbocycles. The first-order chi connectivity index (χ1) is 7.24. The lowest BCUT2D eigenvalue weighted by Crippen LogP contribution is -2.17. The normalized spacial score (nSPS) is 17.9. The standard InChI is InChI=1S/C11H17N3O/c12-10-7-9(13-11(15)14-10)6-8-4-2-1-3-5-8/h7-8H,1-6H2,(H3,12,13,14,15). The summed E-state index contributed by atoms with van der Waals surface area (Å²) in [4.78, 5) is 17.4. The Morgan fingerprint density at radius 1 is 1.40 bits per heavy atom. The van der Waals surface area contributed by atoms with E-state index in [1.165, 1.54) is 32.1 Å². The molecule has 4 nitrogen and oxygen atoms in total. The molecule has 0 saturated heterocycles. The first-order valence-corrected chi connectivity index (χ1v) is 5.60. The topological polar surface area (TPSA) is 71.8 Å². The van der Waals surface area contributed by atoms with Crippen molar-refractivity contribution in [2.24, 2.45) is 5.92 Å². The Morgan fingerprint density at radius 2 is 2.13 bits per heavy atom. The van der Waals surface area contributed by atoms with Crippen LogP contribution in [0.15, 0.2) is 10.9 Å². The van der Waals surface area contributed by atoms with E-state index in [0.717, 1.165) is 12.1 Å². The van der Waals surface area contributed by atoms with Crippen molar-refractivity contribution < 1.29 is 0 Å². The number of nitrogens with zero attached hydrogens (tertiary/aromatic N) is 1. The van der Waals surface area contributed by atoms with Gasteiger partial charge in [0, 0.05) is 5.69 Å². The molecule has 0 aliphatic heterocycles. The Kier molecular flexibility index (Phi) is 3.04. The summed E-state index contributed by atoms with van der Waals surface area (Å²) in [6, 6.07) is 1.77. The molecule has 1 heterocycles. The summed E-state index contributed by atoms with van der Waals surface area (Å²) in [5, 5.41) is 0. The average molecular weight is 207 g/mol. The number of anilines is 1. The first kappa shape index (κ1) is 10.2. The number of aromatic amines is 1. The van der Waals surface area contributed by atoms with Crippen molar-refractivity contribution >= 4 is 5.82 Å². The SMILES string of the molecule is Nc1cc(CC2CCCCC2)[nH]c(=O)n1. The van der Waals surface area contributed by atoms with Crippen LogP contribution in [-0.2, 0) is 6.42 Å². The van der Waals surface area contributed by atoms with Crippen LogP contribution in [0.25, 0.3) is 0 Å². The van der Waals surface area contributed by atoms with E-state index >= 15 is 0 Å². The molecule has 1 aromatic rings. The second-order valence-corrected chi connectivity index (χ2v) is 4.34. The maximum atomic E-state index is 11.1. The number of nitrogens with two attached hydrogens (primary N) is 1. The Hall–Kier alpha value is -1.32. The molecule has 0 spiro atoms. The number of nitrogen functional groups attached to an aromatic ring is 1. The Morgan fingerprint density at radius 3 is 2.80 bits per heavy atom. The zero-order valence-corrected chi connectivity index (χ0v) is 8.83. The smallest absolute Gasteiger partial charge is 0.347 e. The largest absolute Gasteiger partial charge is 0.383 e. The van der Waals surface area contributed by atoms with Crippen molar-refractivity contribution in [3.63, 3.8) is 0 Å². The Bertz CT molecular complexity index is 380. The minimum Gasteiger partial charge on any atom is -0.383 e. The van der Waals surface area contributed by atoms with Crippen LogP contribution < -0.4 is 11.4 Å². The highest BCUT2D eigenvalue weighted by atomic mass is 16.1. The molecule has 0 amide bonds. The fourth-order valence-electron chi connectivity index (χ4n) is 2.34. The van der Waals surface area contributed by atoms with Gasteiger partial charge in [-0.1, -0.05) is 32.1 Å². The number of hydrogen-bond acceptors (Lipinski definition) is 3. The van der Waals surface area contributed by atoms with Crippen molar-refractivity contribution in [1.29, 1.82) is 0 Å². The van der Waals surface area contributed by atoms with E-state index < -0.39 is 0 Å². The number of H-pyrrole nitrogens is 1. The van der Waals surface area contributed by atoms with Crippen LogP contribution in [0.1, 0.15) is 37.8 Å². The summed E-state index contributed by atoms with van der Waals surface area (Å²) >= 11 is 0. The molecule has 0 atom stereocenters. The molecule has 3 N–H and O–H groups in total. The van der Waals surface area contributed by atoms with E-state index in [1.54, 1.807) is 6.07 Å². The first-order valence-electron chi connectivity index (χ1n) is 5.60. The Labute approximate surface area is 88.9 Å². The monoisotopic (exact) mass is 207 g/mol. The van der Waals surface area contributed by atoms with E-state index in [-0.39, 0.29) is 5.69 Å². The van der Waals surface area contributed by atoms with Gasteiger partial charge < -0.3 is 10.7 Å². The average Bonchev–Trinajstić information content (AvgIpc) is 2.17. The molecule has 1 aromatic heterocycles. The number of aromatic nitrogens is 2. The van der Waals surface area contributed by atoms with Crippen molar-refractivity contribution in [3.8, 4) is 0 Å². The zero-order chi connectivity index (χ0) is 10.7. The molecule has 0 unspecified atom stereocenters. The number of rotatable bonds is 2. The van der Waals surface area contributed by atoms with Gasteiger partial charge in [-0.15, -0.1) is 0 Å². The molecule has 82 valence electrons. The van der Waals surface area contributed by atoms with Crippen LogP contribution in [0.4, 0.5) is 5.82 Å². The number of nitrogens with one attached hydrogen (secondary N) is 1. The molecule has 1 aliphatic rings. The lowest BCUT2D eigenvalue weighted by atomic mass is 9.86. The molecule has 0 radical (unpaired) electrons. The molecular formula is C11H17N3O. The van der Waals surface area contributed by atoms with E-state index in [0.29, 0.717) is 11.7 Å². The maximum Gasteiger partial charge on any atom is 0.347 e. The molecule has 0 bridgehead atoms. The van der Waals surface area contributed by atoms with E-state index in [2.05, 4.69) is 9.97 Å². The van der Waals surface area contributed by atoms with E-state index in [9.17, 15) is 4.79 Å². The van der Waals surface area contributed by atoms with Gasteiger partial charge in [-0.05, 0) is 18.4 Å². The lowest BCUT2D eigenvalue weighted by molar-refractivity contribution is 0.354. The van der Waals surface area contributed by atoms with Crippen LogP contribution in [0.2, 0.25) is 0 Å². The van der Waals surface area contributed by atoms with Crippen LogP contribution >= 0.6 is 0 Å². The molecule has 2 rings (SSSR count). The third kappa shape index (κ3) is 2.81. The fraction of sp³-hybridized carbons (Fsp3) is 0.636.